The zero-order valence-corrected chi connectivity index (χ0v) is 16.4. The van der Waals surface area contributed by atoms with Crippen LogP contribution in [0.1, 0.15) is 37.8 Å². The number of fused-ring (bicyclic) bond motifs is 1. The largest absolute Gasteiger partial charge is 0.396 e. The Bertz CT molecular complexity index is 911. The zero-order chi connectivity index (χ0) is 18.5. The van der Waals surface area contributed by atoms with Gasteiger partial charge < -0.3 is 5.11 Å². The van der Waals surface area contributed by atoms with Crippen LogP contribution in [0.25, 0.3) is 10.4 Å². The summed E-state index contributed by atoms with van der Waals surface area (Å²) in [7, 11) is 0. The zero-order valence-electron chi connectivity index (χ0n) is 13.3. The number of aromatic nitrogens is 1. The van der Waals surface area contributed by atoms with Crippen molar-refractivity contribution in [2.24, 2.45) is 0 Å². The topological polar surface area (TPSA) is 70.5 Å². The lowest BCUT2D eigenvalue weighted by molar-refractivity contribution is 0.0645. The van der Waals surface area contributed by atoms with E-state index >= 15 is 0 Å². The molecule has 132 valence electrons. The van der Waals surface area contributed by atoms with Gasteiger partial charge in [0.05, 0.1) is 41.8 Å². The number of thiazole rings is 1. The van der Waals surface area contributed by atoms with Gasteiger partial charge in [0.2, 0.25) is 0 Å². The fourth-order valence-corrected chi connectivity index (χ4v) is 4.87. The van der Waals surface area contributed by atoms with Gasteiger partial charge in [0.25, 0.3) is 11.8 Å². The molecule has 0 bridgehead atoms. The number of nitrogens with zero attached hydrogens (tertiary/aromatic N) is 2. The van der Waals surface area contributed by atoms with Crippen molar-refractivity contribution in [3.63, 3.8) is 0 Å². The molecule has 1 aliphatic rings. The minimum Gasteiger partial charge on any atom is -0.396 e. The van der Waals surface area contributed by atoms with Crippen molar-refractivity contribution in [1.82, 2.24) is 9.88 Å². The number of hydrogen-bond acceptors (Lipinski definition) is 5. The molecule has 0 atom stereocenters. The molecule has 2 heterocycles. The van der Waals surface area contributed by atoms with Gasteiger partial charge in [0, 0.05) is 18.7 Å². The molecule has 5 nitrogen and oxygen atoms in total. The van der Waals surface area contributed by atoms with Crippen molar-refractivity contribution >= 4 is 58.0 Å². The molecular weight excluding hydrogens is 407 g/mol. The van der Waals surface area contributed by atoms with Crippen LogP contribution in [0.4, 0.5) is 0 Å². The summed E-state index contributed by atoms with van der Waals surface area (Å²) < 4.78 is 0. The van der Waals surface area contributed by atoms with Crippen LogP contribution in [-0.2, 0) is 0 Å². The van der Waals surface area contributed by atoms with Crippen molar-refractivity contribution in [1.29, 1.82) is 0 Å². The second kappa shape index (κ2) is 6.85. The van der Waals surface area contributed by atoms with Gasteiger partial charge in [0.1, 0.15) is 0 Å². The van der Waals surface area contributed by atoms with E-state index in [4.69, 9.17) is 39.9 Å². The summed E-state index contributed by atoms with van der Waals surface area (Å²) in [4.78, 5) is 31.4. The van der Waals surface area contributed by atoms with Gasteiger partial charge in [-0.05, 0) is 20.3 Å². The van der Waals surface area contributed by atoms with E-state index in [9.17, 15) is 9.59 Å². The summed E-state index contributed by atoms with van der Waals surface area (Å²) in [5.74, 6) is -1.08. The lowest BCUT2D eigenvalue weighted by Gasteiger charge is -2.12. The predicted molar refractivity (Wildman–Crippen MR) is 99.1 cm³/mol. The molecule has 0 aliphatic carbocycles. The minimum atomic E-state index is -0.550. The van der Waals surface area contributed by atoms with Crippen LogP contribution in [-0.4, -0.2) is 40.0 Å². The number of aryl methyl sites for hydroxylation is 2. The highest BCUT2D eigenvalue weighted by Crippen LogP contribution is 2.48. The highest BCUT2D eigenvalue weighted by Gasteiger charge is 2.41. The van der Waals surface area contributed by atoms with E-state index in [-0.39, 0.29) is 45.8 Å². The van der Waals surface area contributed by atoms with Gasteiger partial charge in [-0.2, -0.15) is 0 Å². The molecule has 25 heavy (non-hydrogen) atoms. The first-order valence-electron chi connectivity index (χ1n) is 7.41. The molecular formula is C16H13Cl3N2O3S. The van der Waals surface area contributed by atoms with E-state index in [1.54, 1.807) is 0 Å². The van der Waals surface area contributed by atoms with E-state index in [1.807, 2.05) is 13.8 Å². The highest BCUT2D eigenvalue weighted by atomic mass is 35.5. The van der Waals surface area contributed by atoms with Gasteiger partial charge in [-0.25, -0.2) is 4.98 Å². The van der Waals surface area contributed by atoms with Crippen LogP contribution in [0.5, 0.6) is 0 Å². The molecule has 0 unspecified atom stereocenters. The third-order valence-electron chi connectivity index (χ3n) is 3.91. The molecule has 0 saturated heterocycles. The summed E-state index contributed by atoms with van der Waals surface area (Å²) in [6.07, 6.45) is 0.272. The molecule has 1 aromatic heterocycles. The summed E-state index contributed by atoms with van der Waals surface area (Å²) in [5, 5.41) is 10.0. The Kier molecular flexibility index (Phi) is 5.10. The summed E-state index contributed by atoms with van der Waals surface area (Å²) >= 11 is 20.6. The van der Waals surface area contributed by atoms with E-state index in [0.717, 1.165) is 15.6 Å². The first kappa shape index (κ1) is 18.6. The maximum Gasteiger partial charge on any atom is 0.263 e. The Morgan fingerprint density at radius 2 is 1.56 bits per heavy atom. The fraction of sp³-hybridized carbons (Fsp3) is 0.312. The van der Waals surface area contributed by atoms with E-state index in [1.165, 1.54) is 11.3 Å². The number of amides is 2. The molecule has 9 heteroatoms. The number of rotatable bonds is 4. The third kappa shape index (κ3) is 2.86. The van der Waals surface area contributed by atoms with Crippen LogP contribution < -0.4 is 0 Å². The van der Waals surface area contributed by atoms with E-state index < -0.39 is 11.8 Å². The van der Waals surface area contributed by atoms with Crippen molar-refractivity contribution < 1.29 is 14.7 Å². The average molecular weight is 420 g/mol. The van der Waals surface area contributed by atoms with Crippen molar-refractivity contribution in [3.05, 3.63) is 36.9 Å². The molecule has 0 spiro atoms. The molecule has 0 fully saturated rings. The summed E-state index contributed by atoms with van der Waals surface area (Å²) in [5.41, 5.74) is 1.21. The number of benzene rings is 1. The van der Waals surface area contributed by atoms with E-state index in [0.29, 0.717) is 10.4 Å². The van der Waals surface area contributed by atoms with Crippen LogP contribution in [0.2, 0.25) is 15.1 Å². The lowest BCUT2D eigenvalue weighted by atomic mass is 10.0. The van der Waals surface area contributed by atoms with Gasteiger partial charge in [0.15, 0.2) is 0 Å². The number of imide groups is 1. The van der Waals surface area contributed by atoms with Crippen molar-refractivity contribution in [2.75, 3.05) is 13.2 Å². The smallest absolute Gasteiger partial charge is 0.263 e. The molecule has 1 aliphatic heterocycles. The maximum absolute atomic E-state index is 12.7. The first-order valence-corrected chi connectivity index (χ1v) is 9.36. The second-order valence-corrected chi connectivity index (χ2v) is 7.89. The quantitative estimate of drug-likeness (QED) is 0.590. The monoisotopic (exact) mass is 418 g/mol. The predicted octanol–water partition coefficient (Wildman–Crippen LogP) is 4.37. The molecule has 0 radical (unpaired) electrons. The van der Waals surface area contributed by atoms with Crippen molar-refractivity contribution in [2.45, 2.75) is 20.3 Å². The standard InChI is InChI=1S/C16H13Cl3N2O3S/c1-6-14(25-7(2)20-6)10-11(17)8-9(12(18)13(10)19)16(24)21(15(8)23)4-3-5-22/h22H,3-5H2,1-2H3. The molecule has 1 N–H and O–H groups in total. The Morgan fingerprint density at radius 3 is 2.08 bits per heavy atom. The summed E-state index contributed by atoms with van der Waals surface area (Å²) in [6.45, 7) is 3.61. The maximum atomic E-state index is 12.7. The Labute approximate surface area is 163 Å². The lowest BCUT2D eigenvalue weighted by Crippen LogP contribution is -2.31. The molecule has 1 aromatic carbocycles. The van der Waals surface area contributed by atoms with Gasteiger partial charge in [-0.3, -0.25) is 14.5 Å². The number of aliphatic hydroxyl groups excluding tert-OH is 1. The van der Waals surface area contributed by atoms with Crippen LogP contribution in [0, 0.1) is 13.8 Å². The normalized spacial score (nSPS) is 13.8. The number of carbonyl (C=O) groups is 2. The third-order valence-corrected chi connectivity index (χ3v) is 6.23. The number of hydrogen-bond donors (Lipinski definition) is 1. The molecule has 0 saturated carbocycles. The van der Waals surface area contributed by atoms with Gasteiger partial charge in [-0.15, -0.1) is 11.3 Å². The van der Waals surface area contributed by atoms with Gasteiger partial charge >= 0.3 is 0 Å². The van der Waals surface area contributed by atoms with Crippen LogP contribution in [0.3, 0.4) is 0 Å². The Hall–Kier alpha value is -1.18. The number of halogens is 3. The second-order valence-electron chi connectivity index (χ2n) is 5.55. The Morgan fingerprint density at radius 1 is 1.00 bits per heavy atom. The van der Waals surface area contributed by atoms with Crippen molar-refractivity contribution in [3.8, 4) is 10.4 Å². The SMILES string of the molecule is Cc1nc(C)c(-c2c(Cl)c(Cl)c3c(c2Cl)C(=O)N(CCCO)C3=O)s1. The van der Waals surface area contributed by atoms with Crippen LogP contribution >= 0.6 is 46.1 Å². The van der Waals surface area contributed by atoms with E-state index in [2.05, 4.69) is 4.98 Å². The molecule has 2 amide bonds. The fourth-order valence-electron chi connectivity index (χ4n) is 2.82. The average Bonchev–Trinajstić information content (AvgIpc) is 3.00. The molecule has 3 rings (SSSR count). The van der Waals surface area contributed by atoms with Crippen LogP contribution in [0.15, 0.2) is 0 Å². The summed E-state index contributed by atoms with van der Waals surface area (Å²) in [6, 6.07) is 0. The highest BCUT2D eigenvalue weighted by molar-refractivity contribution is 7.15. The number of aliphatic hydroxyl groups is 1. The first-order chi connectivity index (χ1) is 11.8. The van der Waals surface area contributed by atoms with Gasteiger partial charge in [-0.1, -0.05) is 34.8 Å². The Balaban J connectivity index is 2.24. The number of carbonyl (C=O) groups excluding carboxylic acids is 2. The molecule has 2 aromatic rings. The minimum absolute atomic E-state index is 0.00590.